The summed E-state index contributed by atoms with van der Waals surface area (Å²) in [5, 5.41) is 2.40. The Kier molecular flexibility index (Phi) is 6.02. The summed E-state index contributed by atoms with van der Waals surface area (Å²) in [6, 6.07) is 2.67. The third-order valence-corrected chi connectivity index (χ3v) is 3.16. The number of carbonyl (C=O) groups is 1. The molecule has 1 aromatic carbocycles. The maximum Gasteiger partial charge on any atom is 0.419 e. The number of hydrogen-bond donors (Lipinski definition) is 1. The van der Waals surface area contributed by atoms with E-state index in [9.17, 15) is 22.4 Å². The van der Waals surface area contributed by atoms with Crippen LogP contribution in [-0.2, 0) is 6.18 Å². The Morgan fingerprint density at radius 2 is 1.95 bits per heavy atom. The molecule has 0 bridgehead atoms. The number of benzene rings is 1. The van der Waals surface area contributed by atoms with Crippen LogP contribution in [0.1, 0.15) is 28.8 Å². The Morgan fingerprint density at radius 3 is 2.53 bits per heavy atom. The van der Waals surface area contributed by atoms with E-state index < -0.39 is 29.0 Å². The zero-order valence-electron chi connectivity index (χ0n) is 9.86. The van der Waals surface area contributed by atoms with Crippen LogP contribution in [-0.4, -0.2) is 16.9 Å². The standard InChI is InChI=1S/C12H12F4INO/c13-10-8(11(19)18-7-2-1-6-17)4-3-5-9(10)12(14,15)16/h3-5H,1-2,6-7H2,(H,18,19). The monoisotopic (exact) mass is 389 g/mol. The minimum atomic E-state index is -4.80. The molecular formula is C12H12F4INO. The molecule has 106 valence electrons. The fourth-order valence-electron chi connectivity index (χ4n) is 1.44. The SMILES string of the molecule is O=C(NCCCCI)c1cccc(C(F)(F)F)c1F. The van der Waals surface area contributed by atoms with Crippen molar-refractivity contribution in [2.75, 3.05) is 11.0 Å². The van der Waals surface area contributed by atoms with E-state index in [1.807, 2.05) is 0 Å². The number of nitrogens with one attached hydrogen (secondary N) is 1. The molecule has 1 rings (SSSR count). The van der Waals surface area contributed by atoms with E-state index in [4.69, 9.17) is 0 Å². The molecule has 0 aliphatic carbocycles. The minimum absolute atomic E-state index is 0.317. The topological polar surface area (TPSA) is 29.1 Å². The van der Waals surface area contributed by atoms with E-state index in [1.54, 1.807) is 0 Å². The molecule has 0 saturated carbocycles. The van der Waals surface area contributed by atoms with Crippen molar-refractivity contribution in [1.29, 1.82) is 0 Å². The van der Waals surface area contributed by atoms with E-state index in [1.165, 1.54) is 0 Å². The van der Waals surface area contributed by atoms with Crippen LogP contribution in [0, 0.1) is 5.82 Å². The molecule has 0 aliphatic heterocycles. The van der Waals surface area contributed by atoms with E-state index in [0.29, 0.717) is 19.0 Å². The summed E-state index contributed by atoms with van der Waals surface area (Å²) >= 11 is 2.18. The first-order valence-corrected chi connectivity index (χ1v) is 7.10. The van der Waals surface area contributed by atoms with Crippen LogP contribution in [0.2, 0.25) is 0 Å². The molecule has 0 heterocycles. The smallest absolute Gasteiger partial charge is 0.352 e. The van der Waals surface area contributed by atoms with Crippen molar-refractivity contribution in [3.05, 3.63) is 35.1 Å². The van der Waals surface area contributed by atoms with Crippen LogP contribution in [0.25, 0.3) is 0 Å². The fraction of sp³-hybridized carbons (Fsp3) is 0.417. The number of unbranched alkanes of at least 4 members (excludes halogenated alkanes) is 1. The molecule has 0 aliphatic rings. The van der Waals surface area contributed by atoms with Gasteiger partial charge in [0.1, 0.15) is 5.82 Å². The summed E-state index contributed by atoms with van der Waals surface area (Å²) in [6.07, 6.45) is -3.22. The first-order valence-electron chi connectivity index (χ1n) is 5.57. The maximum atomic E-state index is 13.6. The highest BCUT2D eigenvalue weighted by molar-refractivity contribution is 14.1. The van der Waals surface area contributed by atoms with E-state index in [0.717, 1.165) is 23.0 Å². The molecule has 0 fully saturated rings. The second-order valence-corrected chi connectivity index (χ2v) is 4.90. The molecule has 0 saturated heterocycles. The lowest BCUT2D eigenvalue weighted by Crippen LogP contribution is -2.26. The summed E-state index contributed by atoms with van der Waals surface area (Å²) in [7, 11) is 0. The lowest BCUT2D eigenvalue weighted by Gasteiger charge is -2.11. The zero-order chi connectivity index (χ0) is 14.5. The predicted octanol–water partition coefficient (Wildman–Crippen LogP) is 3.79. The molecule has 0 atom stereocenters. The van der Waals surface area contributed by atoms with Gasteiger partial charge in [-0.15, -0.1) is 0 Å². The van der Waals surface area contributed by atoms with Gasteiger partial charge in [0.15, 0.2) is 0 Å². The molecule has 0 unspecified atom stereocenters. The zero-order valence-corrected chi connectivity index (χ0v) is 12.0. The van der Waals surface area contributed by atoms with Crippen LogP contribution < -0.4 is 5.32 Å². The van der Waals surface area contributed by atoms with Gasteiger partial charge in [-0.3, -0.25) is 4.79 Å². The summed E-state index contributed by atoms with van der Waals surface area (Å²) in [5.41, 5.74) is -2.00. The van der Waals surface area contributed by atoms with E-state index in [2.05, 4.69) is 27.9 Å². The molecule has 7 heteroatoms. The lowest BCUT2D eigenvalue weighted by molar-refractivity contribution is -0.140. The average molecular weight is 389 g/mol. The van der Waals surface area contributed by atoms with Gasteiger partial charge in [0, 0.05) is 6.54 Å². The average Bonchev–Trinajstić information content (AvgIpc) is 2.33. The number of rotatable bonds is 5. The Morgan fingerprint density at radius 1 is 1.26 bits per heavy atom. The lowest BCUT2D eigenvalue weighted by atomic mass is 10.1. The van der Waals surface area contributed by atoms with Crippen LogP contribution in [0.5, 0.6) is 0 Å². The van der Waals surface area contributed by atoms with Gasteiger partial charge >= 0.3 is 6.18 Å². The number of carbonyl (C=O) groups excluding carboxylic acids is 1. The molecular weight excluding hydrogens is 377 g/mol. The molecule has 19 heavy (non-hydrogen) atoms. The Bertz CT molecular complexity index is 448. The summed E-state index contributed by atoms with van der Waals surface area (Å²) in [6.45, 7) is 0.317. The molecule has 2 nitrogen and oxygen atoms in total. The fourth-order valence-corrected chi connectivity index (χ4v) is 1.98. The van der Waals surface area contributed by atoms with Crippen LogP contribution in [0.4, 0.5) is 17.6 Å². The van der Waals surface area contributed by atoms with E-state index in [-0.39, 0.29) is 0 Å². The largest absolute Gasteiger partial charge is 0.419 e. The highest BCUT2D eigenvalue weighted by Gasteiger charge is 2.35. The summed E-state index contributed by atoms with van der Waals surface area (Å²) in [5.74, 6) is -2.35. The Balaban J connectivity index is 2.81. The number of halogens is 5. The van der Waals surface area contributed by atoms with Gasteiger partial charge < -0.3 is 5.32 Å². The van der Waals surface area contributed by atoms with Crippen molar-refractivity contribution >= 4 is 28.5 Å². The first kappa shape index (κ1) is 16.2. The second-order valence-electron chi connectivity index (χ2n) is 3.82. The predicted molar refractivity (Wildman–Crippen MR) is 71.9 cm³/mol. The first-order chi connectivity index (χ1) is 8.88. The molecule has 1 amide bonds. The number of alkyl halides is 4. The summed E-state index contributed by atoms with van der Waals surface area (Å²) < 4.78 is 52.0. The maximum absolute atomic E-state index is 13.6. The quantitative estimate of drug-likeness (QED) is 0.353. The van der Waals surface area contributed by atoms with Gasteiger partial charge in [0.25, 0.3) is 5.91 Å². The van der Waals surface area contributed by atoms with Gasteiger partial charge in [-0.1, -0.05) is 28.7 Å². The van der Waals surface area contributed by atoms with Gasteiger partial charge in [-0.05, 0) is 29.4 Å². The van der Waals surface area contributed by atoms with Crippen LogP contribution in [0.3, 0.4) is 0 Å². The molecule has 1 N–H and O–H groups in total. The van der Waals surface area contributed by atoms with Crippen LogP contribution >= 0.6 is 22.6 Å². The highest BCUT2D eigenvalue weighted by atomic mass is 127. The number of amides is 1. The second kappa shape index (κ2) is 7.06. The molecule has 0 spiro atoms. The third kappa shape index (κ3) is 4.63. The van der Waals surface area contributed by atoms with Gasteiger partial charge in [0.2, 0.25) is 0 Å². The normalized spacial score (nSPS) is 11.4. The third-order valence-electron chi connectivity index (χ3n) is 2.39. The molecule has 0 radical (unpaired) electrons. The highest BCUT2D eigenvalue weighted by Crippen LogP contribution is 2.32. The van der Waals surface area contributed by atoms with E-state index >= 15 is 0 Å². The Labute approximate surface area is 121 Å². The molecule has 1 aromatic rings. The molecule has 0 aromatic heterocycles. The summed E-state index contributed by atoms with van der Waals surface area (Å²) in [4.78, 5) is 11.6. The minimum Gasteiger partial charge on any atom is -0.352 e. The number of hydrogen-bond acceptors (Lipinski definition) is 1. The Hall–Kier alpha value is -0.860. The van der Waals surface area contributed by atoms with Gasteiger partial charge in [-0.2, -0.15) is 13.2 Å². The van der Waals surface area contributed by atoms with Crippen molar-refractivity contribution in [2.45, 2.75) is 19.0 Å². The van der Waals surface area contributed by atoms with Crippen molar-refractivity contribution in [3.8, 4) is 0 Å². The van der Waals surface area contributed by atoms with Gasteiger partial charge in [0.05, 0.1) is 11.1 Å². The van der Waals surface area contributed by atoms with Gasteiger partial charge in [-0.25, -0.2) is 4.39 Å². The van der Waals surface area contributed by atoms with Crippen molar-refractivity contribution in [1.82, 2.24) is 5.32 Å². The van der Waals surface area contributed by atoms with Crippen molar-refractivity contribution in [2.24, 2.45) is 0 Å². The van der Waals surface area contributed by atoms with Crippen molar-refractivity contribution in [3.63, 3.8) is 0 Å². The van der Waals surface area contributed by atoms with Crippen molar-refractivity contribution < 1.29 is 22.4 Å². The van der Waals surface area contributed by atoms with Crippen LogP contribution in [0.15, 0.2) is 18.2 Å².